The van der Waals surface area contributed by atoms with Crippen LogP contribution in [0.4, 0.5) is 8.78 Å². The van der Waals surface area contributed by atoms with Crippen molar-refractivity contribution in [1.82, 2.24) is 9.55 Å². The molecular formula is C18H13ClF2N2O2. The van der Waals surface area contributed by atoms with Gasteiger partial charge in [-0.2, -0.15) is 0 Å². The Bertz CT molecular complexity index is 981. The molecular weight excluding hydrogens is 350 g/mol. The SMILES string of the molecule is O=C(O)C(C1CC1)n1c(-c2ccc(Cl)cc2)nc2cc(F)c(F)cc21. The normalized spacial score (nSPS) is 15.5. The van der Waals surface area contributed by atoms with E-state index in [0.29, 0.717) is 16.4 Å². The Kier molecular flexibility index (Phi) is 3.72. The van der Waals surface area contributed by atoms with Crippen molar-refractivity contribution in [3.05, 3.63) is 53.1 Å². The van der Waals surface area contributed by atoms with Crippen LogP contribution in [-0.4, -0.2) is 20.6 Å². The monoisotopic (exact) mass is 362 g/mol. The predicted molar refractivity (Wildman–Crippen MR) is 89.5 cm³/mol. The van der Waals surface area contributed by atoms with Crippen LogP contribution < -0.4 is 0 Å². The van der Waals surface area contributed by atoms with Crippen molar-refractivity contribution in [3.8, 4) is 11.4 Å². The molecule has 3 aromatic rings. The second-order valence-electron chi connectivity index (χ2n) is 6.19. The van der Waals surface area contributed by atoms with E-state index < -0.39 is 23.6 Å². The van der Waals surface area contributed by atoms with Gasteiger partial charge < -0.3 is 9.67 Å². The molecule has 1 unspecified atom stereocenters. The second-order valence-corrected chi connectivity index (χ2v) is 6.62. The molecule has 1 fully saturated rings. The minimum Gasteiger partial charge on any atom is -0.480 e. The largest absolute Gasteiger partial charge is 0.480 e. The molecule has 0 radical (unpaired) electrons. The zero-order valence-corrected chi connectivity index (χ0v) is 13.7. The van der Waals surface area contributed by atoms with Gasteiger partial charge in [0.2, 0.25) is 0 Å². The quantitative estimate of drug-likeness (QED) is 0.733. The fourth-order valence-electron chi connectivity index (χ4n) is 3.11. The van der Waals surface area contributed by atoms with E-state index in [0.717, 1.165) is 25.0 Å². The number of carboxylic acid groups (broad SMARTS) is 1. The zero-order valence-electron chi connectivity index (χ0n) is 12.9. The number of aromatic nitrogens is 2. The van der Waals surface area contributed by atoms with Crippen LogP contribution in [0.1, 0.15) is 18.9 Å². The highest BCUT2D eigenvalue weighted by molar-refractivity contribution is 6.30. The molecule has 1 heterocycles. The van der Waals surface area contributed by atoms with E-state index in [9.17, 15) is 18.7 Å². The van der Waals surface area contributed by atoms with Crippen molar-refractivity contribution >= 4 is 28.6 Å². The third-order valence-corrected chi connectivity index (χ3v) is 4.69. The van der Waals surface area contributed by atoms with Crippen molar-refractivity contribution in [2.45, 2.75) is 18.9 Å². The highest BCUT2D eigenvalue weighted by Crippen LogP contribution is 2.43. The number of halogens is 3. The van der Waals surface area contributed by atoms with Crippen LogP contribution in [-0.2, 0) is 4.79 Å². The third-order valence-electron chi connectivity index (χ3n) is 4.43. The lowest BCUT2D eigenvalue weighted by atomic mass is 10.1. The Morgan fingerprint density at radius 2 is 1.84 bits per heavy atom. The summed E-state index contributed by atoms with van der Waals surface area (Å²) in [6, 6.07) is 7.86. The molecule has 0 amide bonds. The molecule has 1 aromatic heterocycles. The molecule has 7 heteroatoms. The summed E-state index contributed by atoms with van der Waals surface area (Å²) in [5, 5.41) is 10.2. The molecule has 0 bridgehead atoms. The fourth-order valence-corrected chi connectivity index (χ4v) is 3.24. The molecule has 1 saturated carbocycles. The molecule has 128 valence electrons. The number of fused-ring (bicyclic) bond motifs is 1. The van der Waals surface area contributed by atoms with E-state index in [-0.39, 0.29) is 17.0 Å². The van der Waals surface area contributed by atoms with Crippen LogP contribution in [0, 0.1) is 17.6 Å². The first kappa shape index (κ1) is 16.0. The van der Waals surface area contributed by atoms with Gasteiger partial charge in [0.15, 0.2) is 11.6 Å². The number of hydrogen-bond donors (Lipinski definition) is 1. The third kappa shape index (κ3) is 2.76. The van der Waals surface area contributed by atoms with Crippen LogP contribution in [0.2, 0.25) is 5.02 Å². The first-order valence-corrected chi connectivity index (χ1v) is 8.19. The van der Waals surface area contributed by atoms with Gasteiger partial charge in [0.25, 0.3) is 0 Å². The lowest BCUT2D eigenvalue weighted by molar-refractivity contribution is -0.141. The Hall–Kier alpha value is -2.47. The average Bonchev–Trinajstić information content (AvgIpc) is 3.33. The molecule has 4 nitrogen and oxygen atoms in total. The number of carbonyl (C=O) groups is 1. The zero-order chi connectivity index (χ0) is 17.7. The van der Waals surface area contributed by atoms with Gasteiger partial charge in [0.1, 0.15) is 11.9 Å². The highest BCUT2D eigenvalue weighted by atomic mass is 35.5. The van der Waals surface area contributed by atoms with Gasteiger partial charge in [-0.15, -0.1) is 0 Å². The topological polar surface area (TPSA) is 55.1 Å². The molecule has 2 aromatic carbocycles. The molecule has 0 saturated heterocycles. The standard InChI is InChI=1S/C18H13ClF2N2O2/c19-11-5-3-10(4-6-11)17-22-14-7-12(20)13(21)8-15(14)23(17)16(18(24)25)9-1-2-9/h3-9,16H,1-2H2,(H,24,25). The van der Waals surface area contributed by atoms with Gasteiger partial charge in [-0.05, 0) is 43.0 Å². The second kappa shape index (κ2) is 5.81. The summed E-state index contributed by atoms with van der Waals surface area (Å²) in [4.78, 5) is 16.3. The number of rotatable bonds is 4. The molecule has 0 spiro atoms. The Balaban J connectivity index is 2.01. The summed E-state index contributed by atoms with van der Waals surface area (Å²) in [6.45, 7) is 0. The Labute approximate surface area is 146 Å². The average molecular weight is 363 g/mol. The van der Waals surface area contributed by atoms with E-state index in [1.165, 1.54) is 4.57 Å². The molecule has 1 aliphatic carbocycles. The van der Waals surface area contributed by atoms with Gasteiger partial charge in [0.05, 0.1) is 11.0 Å². The van der Waals surface area contributed by atoms with Crippen molar-refractivity contribution in [3.63, 3.8) is 0 Å². The Morgan fingerprint density at radius 1 is 1.20 bits per heavy atom. The first-order valence-electron chi connectivity index (χ1n) is 7.81. The van der Waals surface area contributed by atoms with Crippen molar-refractivity contribution < 1.29 is 18.7 Å². The number of nitrogens with zero attached hydrogens (tertiary/aromatic N) is 2. The van der Waals surface area contributed by atoms with E-state index in [2.05, 4.69) is 4.98 Å². The van der Waals surface area contributed by atoms with Gasteiger partial charge in [-0.25, -0.2) is 18.6 Å². The van der Waals surface area contributed by atoms with Gasteiger partial charge in [-0.3, -0.25) is 0 Å². The van der Waals surface area contributed by atoms with E-state index >= 15 is 0 Å². The molecule has 0 aliphatic heterocycles. The van der Waals surface area contributed by atoms with E-state index in [1.54, 1.807) is 24.3 Å². The van der Waals surface area contributed by atoms with E-state index in [4.69, 9.17) is 11.6 Å². The minimum absolute atomic E-state index is 0.0472. The lowest BCUT2D eigenvalue weighted by Gasteiger charge is -2.17. The summed E-state index contributed by atoms with van der Waals surface area (Å²) in [6.07, 6.45) is 1.56. The molecule has 1 aliphatic rings. The van der Waals surface area contributed by atoms with Crippen LogP contribution in [0.15, 0.2) is 36.4 Å². The van der Waals surface area contributed by atoms with Crippen LogP contribution in [0.5, 0.6) is 0 Å². The van der Waals surface area contributed by atoms with Crippen LogP contribution in [0.25, 0.3) is 22.4 Å². The molecule has 4 rings (SSSR count). The van der Waals surface area contributed by atoms with Crippen LogP contribution in [0.3, 0.4) is 0 Å². The maximum absolute atomic E-state index is 13.8. The summed E-state index contributed by atoms with van der Waals surface area (Å²) < 4.78 is 28.9. The van der Waals surface area contributed by atoms with Gasteiger partial charge in [-0.1, -0.05) is 11.6 Å². The predicted octanol–water partition coefficient (Wildman–Crippen LogP) is 4.67. The summed E-state index contributed by atoms with van der Waals surface area (Å²) in [5.74, 6) is -2.75. The summed E-state index contributed by atoms with van der Waals surface area (Å²) in [7, 11) is 0. The highest BCUT2D eigenvalue weighted by Gasteiger charge is 2.40. The number of hydrogen-bond acceptors (Lipinski definition) is 2. The Morgan fingerprint density at radius 3 is 2.44 bits per heavy atom. The maximum atomic E-state index is 13.8. The number of imidazole rings is 1. The molecule has 25 heavy (non-hydrogen) atoms. The van der Waals surface area contributed by atoms with Gasteiger partial charge >= 0.3 is 5.97 Å². The van der Waals surface area contributed by atoms with Crippen LogP contribution >= 0.6 is 11.6 Å². The molecule has 1 N–H and O–H groups in total. The minimum atomic E-state index is -1.03. The number of benzene rings is 2. The van der Waals surface area contributed by atoms with Crippen molar-refractivity contribution in [2.75, 3.05) is 0 Å². The summed E-state index contributed by atoms with van der Waals surface area (Å²) >= 11 is 5.91. The summed E-state index contributed by atoms with van der Waals surface area (Å²) in [5.41, 5.74) is 1.12. The maximum Gasteiger partial charge on any atom is 0.327 e. The molecule has 1 atom stereocenters. The van der Waals surface area contributed by atoms with Crippen molar-refractivity contribution in [1.29, 1.82) is 0 Å². The van der Waals surface area contributed by atoms with Gasteiger partial charge in [0, 0.05) is 22.7 Å². The fraction of sp³-hybridized carbons (Fsp3) is 0.222. The number of carboxylic acids is 1. The number of aliphatic carboxylic acids is 1. The first-order chi connectivity index (χ1) is 12.0. The van der Waals surface area contributed by atoms with Crippen molar-refractivity contribution in [2.24, 2.45) is 5.92 Å². The van der Waals surface area contributed by atoms with E-state index in [1.807, 2.05) is 0 Å². The smallest absolute Gasteiger partial charge is 0.327 e. The lowest BCUT2D eigenvalue weighted by Crippen LogP contribution is -2.22.